The van der Waals surface area contributed by atoms with Gasteiger partial charge < -0.3 is 21.3 Å². The zero-order valence-corrected chi connectivity index (χ0v) is 18.9. The van der Waals surface area contributed by atoms with E-state index in [0.717, 1.165) is 29.8 Å². The molecule has 11 heteroatoms. The fourth-order valence-electron chi connectivity index (χ4n) is 3.05. The summed E-state index contributed by atoms with van der Waals surface area (Å²) in [5, 5.41) is 11.6. The third-order valence-corrected chi connectivity index (χ3v) is 4.75. The summed E-state index contributed by atoms with van der Waals surface area (Å²) in [4.78, 5) is 32.3. The lowest BCUT2D eigenvalue weighted by atomic mass is 10.1. The van der Waals surface area contributed by atoms with E-state index >= 15 is 0 Å². The van der Waals surface area contributed by atoms with E-state index in [-0.39, 0.29) is 18.0 Å². The first-order chi connectivity index (χ1) is 16.7. The van der Waals surface area contributed by atoms with Crippen LogP contribution in [0.1, 0.15) is 22.8 Å². The summed E-state index contributed by atoms with van der Waals surface area (Å²) in [7, 11) is 0. The van der Waals surface area contributed by atoms with Crippen LogP contribution in [0.4, 0.5) is 24.8 Å². The molecule has 8 nitrogen and oxygen atoms in total. The van der Waals surface area contributed by atoms with Gasteiger partial charge in [-0.2, -0.15) is 13.2 Å². The number of nitrogens with zero attached hydrogens (tertiary/aromatic N) is 2. The number of rotatable bonds is 10. The summed E-state index contributed by atoms with van der Waals surface area (Å²) in [5.41, 5.74) is 0.143. The van der Waals surface area contributed by atoms with Gasteiger partial charge in [0.1, 0.15) is 11.6 Å². The van der Waals surface area contributed by atoms with Gasteiger partial charge in [-0.3, -0.25) is 9.59 Å². The van der Waals surface area contributed by atoms with Crippen molar-refractivity contribution in [1.29, 1.82) is 0 Å². The number of benzene rings is 2. The van der Waals surface area contributed by atoms with Crippen LogP contribution in [0, 0.1) is 0 Å². The van der Waals surface area contributed by atoms with Crippen molar-refractivity contribution in [3.8, 4) is 11.4 Å². The minimum absolute atomic E-state index is 0.125. The third kappa shape index (κ3) is 7.98. The van der Waals surface area contributed by atoms with Gasteiger partial charge in [-0.15, -0.1) is 0 Å². The summed E-state index contributed by atoms with van der Waals surface area (Å²) >= 11 is 0. The topological polar surface area (TPSA) is 108 Å². The molecule has 184 valence electrons. The summed E-state index contributed by atoms with van der Waals surface area (Å²) < 4.78 is 38.0. The van der Waals surface area contributed by atoms with Gasteiger partial charge in [-0.1, -0.05) is 30.3 Å². The van der Waals surface area contributed by atoms with Gasteiger partial charge in [-0.25, -0.2) is 9.97 Å². The molecule has 0 saturated carbocycles. The second-order valence-corrected chi connectivity index (χ2v) is 7.50. The molecule has 0 aliphatic heterocycles. The predicted molar refractivity (Wildman–Crippen MR) is 127 cm³/mol. The van der Waals surface area contributed by atoms with E-state index in [1.807, 2.05) is 30.3 Å². The summed E-state index contributed by atoms with van der Waals surface area (Å²) in [6.45, 7) is 2.88. The first-order valence-corrected chi connectivity index (χ1v) is 10.8. The minimum atomic E-state index is -4.45. The SMILES string of the molecule is CC(=O)NCCNc1cc(NCCNC(=O)c2ccc(C(F)(F)F)cc2)nc(-c2ccccc2)n1. The molecule has 0 radical (unpaired) electrons. The molecule has 4 N–H and O–H groups in total. The molecular formula is C24H25F3N6O2. The van der Waals surface area contributed by atoms with Gasteiger partial charge in [0.25, 0.3) is 5.91 Å². The number of amides is 2. The van der Waals surface area contributed by atoms with E-state index in [1.54, 1.807) is 6.07 Å². The normalized spacial score (nSPS) is 11.0. The Labute approximate surface area is 200 Å². The Morgan fingerprint density at radius 2 is 1.37 bits per heavy atom. The number of carbonyl (C=O) groups is 2. The molecular weight excluding hydrogens is 461 g/mol. The van der Waals surface area contributed by atoms with Crippen LogP contribution in [-0.2, 0) is 11.0 Å². The van der Waals surface area contributed by atoms with Crippen molar-refractivity contribution in [3.05, 3.63) is 71.8 Å². The lowest BCUT2D eigenvalue weighted by Gasteiger charge is -2.12. The van der Waals surface area contributed by atoms with Crippen LogP contribution in [0.2, 0.25) is 0 Å². The summed E-state index contributed by atoms with van der Waals surface area (Å²) in [5.74, 6) is 0.963. The molecule has 0 bridgehead atoms. The highest BCUT2D eigenvalue weighted by Gasteiger charge is 2.30. The van der Waals surface area contributed by atoms with Gasteiger partial charge >= 0.3 is 6.18 Å². The van der Waals surface area contributed by atoms with Gasteiger partial charge in [-0.05, 0) is 24.3 Å². The fourth-order valence-corrected chi connectivity index (χ4v) is 3.05. The van der Waals surface area contributed by atoms with Crippen LogP contribution in [0.15, 0.2) is 60.7 Å². The molecule has 0 spiro atoms. The largest absolute Gasteiger partial charge is 0.416 e. The van der Waals surface area contributed by atoms with Crippen LogP contribution < -0.4 is 21.3 Å². The highest BCUT2D eigenvalue weighted by Crippen LogP contribution is 2.29. The Kier molecular flexibility index (Phi) is 8.60. The maximum atomic E-state index is 12.7. The molecule has 0 aliphatic rings. The van der Waals surface area contributed by atoms with E-state index in [4.69, 9.17) is 0 Å². The zero-order valence-electron chi connectivity index (χ0n) is 18.9. The van der Waals surface area contributed by atoms with Crippen LogP contribution in [0.3, 0.4) is 0 Å². The van der Waals surface area contributed by atoms with Crippen molar-refractivity contribution in [3.63, 3.8) is 0 Å². The van der Waals surface area contributed by atoms with Gasteiger partial charge in [0.05, 0.1) is 5.56 Å². The van der Waals surface area contributed by atoms with E-state index in [1.165, 1.54) is 6.92 Å². The lowest BCUT2D eigenvalue weighted by molar-refractivity contribution is -0.137. The molecule has 3 rings (SSSR count). The number of anilines is 2. The molecule has 0 atom stereocenters. The highest BCUT2D eigenvalue weighted by molar-refractivity contribution is 5.94. The fraction of sp³-hybridized carbons (Fsp3) is 0.250. The van der Waals surface area contributed by atoms with Crippen LogP contribution in [0.5, 0.6) is 0 Å². The highest BCUT2D eigenvalue weighted by atomic mass is 19.4. The number of alkyl halides is 3. The van der Waals surface area contributed by atoms with E-state index in [0.29, 0.717) is 37.1 Å². The molecule has 2 amide bonds. The molecule has 3 aromatic rings. The maximum absolute atomic E-state index is 12.7. The van der Waals surface area contributed by atoms with Crippen LogP contribution in [-0.4, -0.2) is 48.0 Å². The van der Waals surface area contributed by atoms with Crippen LogP contribution in [0.25, 0.3) is 11.4 Å². The average molecular weight is 486 g/mol. The van der Waals surface area contributed by atoms with E-state index in [2.05, 4.69) is 31.2 Å². The summed E-state index contributed by atoms with van der Waals surface area (Å²) in [6, 6.07) is 15.1. The van der Waals surface area contributed by atoms with Crippen molar-refractivity contribution in [2.45, 2.75) is 13.1 Å². The monoisotopic (exact) mass is 486 g/mol. The number of hydrogen-bond donors (Lipinski definition) is 4. The Balaban J connectivity index is 1.59. The molecule has 35 heavy (non-hydrogen) atoms. The Bertz CT molecular complexity index is 1140. The second kappa shape index (κ2) is 11.8. The lowest BCUT2D eigenvalue weighted by Crippen LogP contribution is -2.29. The molecule has 0 saturated heterocycles. The van der Waals surface area contributed by atoms with Crippen molar-refractivity contribution in [2.75, 3.05) is 36.8 Å². The standard InChI is InChI=1S/C24H25F3N6O2/c1-16(34)28-11-12-29-20-15-21(33-22(32-20)17-5-3-2-4-6-17)30-13-14-31-23(35)18-7-9-19(10-8-18)24(25,26)27/h2-10,15H,11-14H2,1H3,(H,28,34)(H,31,35)(H2,29,30,32,33). The molecule has 1 heterocycles. The maximum Gasteiger partial charge on any atom is 0.416 e. The van der Waals surface area contributed by atoms with Crippen molar-refractivity contribution < 1.29 is 22.8 Å². The molecule has 0 aliphatic carbocycles. The Hall–Kier alpha value is -4.15. The Morgan fingerprint density at radius 3 is 1.91 bits per heavy atom. The van der Waals surface area contributed by atoms with Crippen molar-refractivity contribution in [1.82, 2.24) is 20.6 Å². The first-order valence-electron chi connectivity index (χ1n) is 10.8. The van der Waals surface area contributed by atoms with Gasteiger partial charge in [0, 0.05) is 50.3 Å². The molecule has 0 unspecified atom stereocenters. The molecule has 0 fully saturated rings. The number of carbonyl (C=O) groups excluding carboxylic acids is 2. The first kappa shape index (κ1) is 25.5. The van der Waals surface area contributed by atoms with Crippen molar-refractivity contribution >= 4 is 23.5 Å². The minimum Gasteiger partial charge on any atom is -0.368 e. The molecule has 2 aromatic carbocycles. The number of halogens is 3. The smallest absolute Gasteiger partial charge is 0.368 e. The predicted octanol–water partition coefficient (Wildman–Crippen LogP) is 3.55. The average Bonchev–Trinajstić information content (AvgIpc) is 2.84. The number of aromatic nitrogens is 2. The van der Waals surface area contributed by atoms with Gasteiger partial charge in [0.15, 0.2) is 5.82 Å². The zero-order chi connectivity index (χ0) is 25.3. The van der Waals surface area contributed by atoms with Crippen LogP contribution >= 0.6 is 0 Å². The van der Waals surface area contributed by atoms with E-state index in [9.17, 15) is 22.8 Å². The number of hydrogen-bond acceptors (Lipinski definition) is 6. The second-order valence-electron chi connectivity index (χ2n) is 7.50. The van der Waals surface area contributed by atoms with E-state index < -0.39 is 17.6 Å². The summed E-state index contributed by atoms with van der Waals surface area (Å²) in [6.07, 6.45) is -4.45. The quantitative estimate of drug-likeness (QED) is 0.327. The molecule has 1 aromatic heterocycles. The van der Waals surface area contributed by atoms with Crippen molar-refractivity contribution in [2.24, 2.45) is 0 Å². The Morgan fingerprint density at radius 1 is 0.800 bits per heavy atom. The number of nitrogens with one attached hydrogen (secondary N) is 4. The third-order valence-electron chi connectivity index (χ3n) is 4.75. The van der Waals surface area contributed by atoms with Gasteiger partial charge in [0.2, 0.25) is 5.91 Å².